The van der Waals surface area contributed by atoms with Gasteiger partial charge in [0.15, 0.2) is 0 Å². The third kappa shape index (κ3) is 2.09. The molecule has 1 amide bonds. The molecule has 0 bridgehead atoms. The first kappa shape index (κ1) is 10.7. The molecule has 0 atom stereocenters. The summed E-state index contributed by atoms with van der Waals surface area (Å²) in [5.41, 5.74) is 0.862. The Hall–Kier alpha value is -1.42. The Labute approximate surface area is 86.4 Å². The van der Waals surface area contributed by atoms with Gasteiger partial charge in [-0.15, -0.1) is 0 Å². The van der Waals surface area contributed by atoms with Crippen LogP contribution in [0.4, 0.5) is 10.5 Å². The number of anilines is 1. The van der Waals surface area contributed by atoms with E-state index < -0.39 is 6.09 Å². The van der Waals surface area contributed by atoms with Gasteiger partial charge in [-0.2, -0.15) is 0 Å². The van der Waals surface area contributed by atoms with Gasteiger partial charge in [0.2, 0.25) is 0 Å². The van der Waals surface area contributed by atoms with Crippen molar-refractivity contribution >= 4 is 23.4 Å². The van der Waals surface area contributed by atoms with Crippen molar-refractivity contribution in [2.75, 3.05) is 12.4 Å². The van der Waals surface area contributed by atoms with Crippen molar-refractivity contribution in [1.82, 2.24) is 0 Å². The topological polar surface area (TPSA) is 58.6 Å². The minimum atomic E-state index is -0.624. The van der Waals surface area contributed by atoms with E-state index in [0.29, 0.717) is 16.3 Å². The highest BCUT2D eigenvalue weighted by Crippen LogP contribution is 2.31. The SMILES string of the molecule is COC(=O)Nc1c(Cl)ccc(O)c1C. The highest BCUT2D eigenvalue weighted by atomic mass is 35.5. The third-order valence-corrected chi connectivity index (χ3v) is 2.11. The first-order valence-corrected chi connectivity index (χ1v) is 4.27. The van der Waals surface area contributed by atoms with E-state index in [1.165, 1.54) is 19.2 Å². The molecule has 0 radical (unpaired) electrons. The number of rotatable bonds is 1. The molecule has 0 unspecified atom stereocenters. The standard InChI is InChI=1S/C9H10ClNO3/c1-5-7(12)4-3-6(10)8(5)11-9(13)14-2/h3-4,12H,1-2H3,(H,11,13). The predicted molar refractivity (Wildman–Crippen MR) is 53.9 cm³/mol. The highest BCUT2D eigenvalue weighted by Gasteiger charge is 2.10. The van der Waals surface area contributed by atoms with Gasteiger partial charge in [0.25, 0.3) is 0 Å². The molecule has 0 fully saturated rings. The molecule has 1 aromatic carbocycles. The fourth-order valence-electron chi connectivity index (χ4n) is 0.974. The summed E-state index contributed by atoms with van der Waals surface area (Å²) in [6.07, 6.45) is -0.624. The molecule has 0 aliphatic rings. The first-order valence-electron chi connectivity index (χ1n) is 3.89. The number of phenolic OH excluding ortho intramolecular Hbond substituents is 1. The van der Waals surface area contributed by atoms with Gasteiger partial charge >= 0.3 is 6.09 Å². The number of amides is 1. The molecule has 0 aliphatic heterocycles. The maximum absolute atomic E-state index is 10.9. The Morgan fingerprint density at radius 2 is 2.21 bits per heavy atom. The summed E-state index contributed by atoms with van der Waals surface area (Å²) in [5.74, 6) is 0.0702. The molecule has 0 aromatic heterocycles. The molecule has 76 valence electrons. The van der Waals surface area contributed by atoms with Gasteiger partial charge in [0, 0.05) is 5.56 Å². The lowest BCUT2D eigenvalue weighted by Gasteiger charge is -2.10. The Kier molecular flexibility index (Phi) is 3.19. The number of aromatic hydroxyl groups is 1. The lowest BCUT2D eigenvalue weighted by atomic mass is 10.2. The number of carbonyl (C=O) groups is 1. The van der Waals surface area contributed by atoms with E-state index in [1.807, 2.05) is 0 Å². The summed E-state index contributed by atoms with van der Waals surface area (Å²) in [7, 11) is 1.25. The maximum Gasteiger partial charge on any atom is 0.411 e. The van der Waals surface area contributed by atoms with Crippen molar-refractivity contribution in [3.05, 3.63) is 22.7 Å². The molecule has 2 N–H and O–H groups in total. The van der Waals surface area contributed by atoms with Gasteiger partial charge in [-0.05, 0) is 19.1 Å². The van der Waals surface area contributed by atoms with E-state index in [-0.39, 0.29) is 5.75 Å². The van der Waals surface area contributed by atoms with E-state index in [9.17, 15) is 9.90 Å². The molecule has 0 spiro atoms. The number of benzene rings is 1. The highest BCUT2D eigenvalue weighted by molar-refractivity contribution is 6.33. The zero-order chi connectivity index (χ0) is 10.7. The van der Waals surface area contributed by atoms with Gasteiger partial charge in [0.05, 0.1) is 17.8 Å². The molecule has 1 aromatic rings. The molecule has 0 aliphatic carbocycles. The van der Waals surface area contributed by atoms with Crippen molar-refractivity contribution in [3.8, 4) is 5.75 Å². The van der Waals surface area contributed by atoms with Gasteiger partial charge in [-0.3, -0.25) is 5.32 Å². The smallest absolute Gasteiger partial charge is 0.411 e. The molecule has 0 saturated carbocycles. The summed E-state index contributed by atoms with van der Waals surface area (Å²) in [6.45, 7) is 1.65. The zero-order valence-electron chi connectivity index (χ0n) is 7.80. The van der Waals surface area contributed by atoms with Crippen molar-refractivity contribution in [2.45, 2.75) is 6.92 Å². The van der Waals surface area contributed by atoms with E-state index in [2.05, 4.69) is 10.1 Å². The largest absolute Gasteiger partial charge is 0.508 e. The van der Waals surface area contributed by atoms with E-state index in [0.717, 1.165) is 0 Å². The van der Waals surface area contributed by atoms with Gasteiger partial charge in [-0.1, -0.05) is 11.6 Å². The van der Waals surface area contributed by atoms with Gasteiger partial charge in [-0.25, -0.2) is 4.79 Å². The van der Waals surface area contributed by atoms with Crippen LogP contribution in [-0.4, -0.2) is 18.3 Å². The van der Waals surface area contributed by atoms with Crippen LogP contribution >= 0.6 is 11.6 Å². The Bertz CT molecular complexity index is 365. The first-order chi connectivity index (χ1) is 6.56. The minimum Gasteiger partial charge on any atom is -0.508 e. The Morgan fingerprint density at radius 3 is 2.79 bits per heavy atom. The molecule has 0 heterocycles. The van der Waals surface area contributed by atoms with Crippen molar-refractivity contribution in [3.63, 3.8) is 0 Å². The monoisotopic (exact) mass is 215 g/mol. The molecule has 4 nitrogen and oxygen atoms in total. The van der Waals surface area contributed by atoms with Crippen LogP contribution in [0.3, 0.4) is 0 Å². The summed E-state index contributed by atoms with van der Waals surface area (Å²) < 4.78 is 4.41. The average molecular weight is 216 g/mol. The Balaban J connectivity index is 3.06. The van der Waals surface area contributed by atoms with Crippen molar-refractivity contribution < 1.29 is 14.6 Å². The number of phenols is 1. The fourth-order valence-corrected chi connectivity index (χ4v) is 1.23. The molecule has 5 heteroatoms. The van der Waals surface area contributed by atoms with Crippen LogP contribution in [0, 0.1) is 6.92 Å². The van der Waals surface area contributed by atoms with Crippen LogP contribution in [0.25, 0.3) is 0 Å². The molecular weight excluding hydrogens is 206 g/mol. The van der Waals surface area contributed by atoms with Crippen molar-refractivity contribution in [2.24, 2.45) is 0 Å². The number of hydrogen-bond acceptors (Lipinski definition) is 3. The predicted octanol–water partition coefficient (Wildman–Crippen LogP) is 2.53. The summed E-state index contributed by atoms with van der Waals surface area (Å²) in [6, 6.07) is 2.95. The molecule has 0 saturated heterocycles. The number of carbonyl (C=O) groups excluding carboxylic acids is 1. The lowest BCUT2D eigenvalue weighted by Crippen LogP contribution is -2.12. The lowest BCUT2D eigenvalue weighted by molar-refractivity contribution is 0.187. The van der Waals surface area contributed by atoms with Crippen LogP contribution < -0.4 is 5.32 Å². The second kappa shape index (κ2) is 4.19. The summed E-state index contributed by atoms with van der Waals surface area (Å²) in [4.78, 5) is 10.9. The molecule has 1 rings (SSSR count). The maximum atomic E-state index is 10.9. The quantitative estimate of drug-likeness (QED) is 0.757. The van der Waals surface area contributed by atoms with Crippen LogP contribution in [0.2, 0.25) is 5.02 Å². The van der Waals surface area contributed by atoms with Crippen LogP contribution in [0.15, 0.2) is 12.1 Å². The second-order valence-electron chi connectivity index (χ2n) is 2.68. The van der Waals surface area contributed by atoms with E-state index >= 15 is 0 Å². The number of methoxy groups -OCH3 is 1. The molecular formula is C9H10ClNO3. The minimum absolute atomic E-state index is 0.0702. The number of nitrogens with one attached hydrogen (secondary N) is 1. The molecule has 14 heavy (non-hydrogen) atoms. The normalized spacial score (nSPS) is 9.64. The fraction of sp³-hybridized carbons (Fsp3) is 0.222. The van der Waals surface area contributed by atoms with E-state index in [1.54, 1.807) is 6.92 Å². The van der Waals surface area contributed by atoms with Crippen LogP contribution in [-0.2, 0) is 4.74 Å². The van der Waals surface area contributed by atoms with Crippen LogP contribution in [0.1, 0.15) is 5.56 Å². The van der Waals surface area contributed by atoms with Crippen LogP contribution in [0.5, 0.6) is 5.75 Å². The second-order valence-corrected chi connectivity index (χ2v) is 3.09. The third-order valence-electron chi connectivity index (χ3n) is 1.80. The van der Waals surface area contributed by atoms with Gasteiger partial charge < -0.3 is 9.84 Å². The number of ether oxygens (including phenoxy) is 1. The number of hydrogen-bond donors (Lipinski definition) is 2. The van der Waals surface area contributed by atoms with Crippen molar-refractivity contribution in [1.29, 1.82) is 0 Å². The zero-order valence-corrected chi connectivity index (χ0v) is 8.55. The van der Waals surface area contributed by atoms with Gasteiger partial charge in [0.1, 0.15) is 5.75 Å². The average Bonchev–Trinajstić information content (AvgIpc) is 2.18. The summed E-state index contributed by atoms with van der Waals surface area (Å²) in [5, 5.41) is 12.1. The summed E-state index contributed by atoms with van der Waals surface area (Å²) >= 11 is 5.82. The van der Waals surface area contributed by atoms with E-state index in [4.69, 9.17) is 11.6 Å². The Morgan fingerprint density at radius 1 is 1.57 bits per heavy atom. The number of halogens is 1.